The molecule has 0 bridgehead atoms. The highest BCUT2D eigenvalue weighted by Gasteiger charge is 2.61. The summed E-state index contributed by atoms with van der Waals surface area (Å²) in [5, 5.41) is 9.13. The summed E-state index contributed by atoms with van der Waals surface area (Å²) in [5.41, 5.74) is 3.06. The van der Waals surface area contributed by atoms with Crippen LogP contribution in [0.15, 0.2) is 40.5 Å². The highest BCUT2D eigenvalue weighted by atomic mass is 79.9. The summed E-state index contributed by atoms with van der Waals surface area (Å²) >= 11 is 4.66. The number of halogens is 1. The molecular formula is C15H14BrN2O3S+. The normalized spacial score (nSPS) is 24.4. The van der Waals surface area contributed by atoms with Crippen LogP contribution in [0.4, 0.5) is 0 Å². The minimum absolute atomic E-state index is 0.0220. The first kappa shape index (κ1) is 15.3. The lowest BCUT2D eigenvalue weighted by Gasteiger charge is -2.39. The van der Waals surface area contributed by atoms with Crippen LogP contribution in [-0.2, 0) is 16.1 Å². The number of carboxylic acid groups (broad SMARTS) is 1. The minimum atomic E-state index is -1.09. The zero-order chi connectivity index (χ0) is 15.9. The third-order valence-electron chi connectivity index (χ3n) is 3.69. The lowest BCUT2D eigenvalue weighted by atomic mass is 10.0. The van der Waals surface area contributed by atoms with Crippen molar-refractivity contribution in [1.29, 1.82) is 0 Å². The number of carbonyl (C=O) groups excluding carboxylic acids is 1. The molecule has 1 saturated heterocycles. The summed E-state index contributed by atoms with van der Waals surface area (Å²) in [5.74, 6) is -1.26. The first-order valence-corrected chi connectivity index (χ1v) is 8.45. The first-order valence-electron chi connectivity index (χ1n) is 6.72. The number of nitrogens with zero attached hydrogens (tertiary/aromatic N) is 2. The van der Waals surface area contributed by atoms with Gasteiger partial charge in [0.15, 0.2) is 11.9 Å². The second kappa shape index (κ2) is 5.89. The van der Waals surface area contributed by atoms with E-state index in [1.165, 1.54) is 16.7 Å². The average molecular weight is 382 g/mol. The molecule has 0 aliphatic carbocycles. The Morgan fingerprint density at radius 2 is 2.09 bits per heavy atom. The summed E-state index contributed by atoms with van der Waals surface area (Å²) in [7, 11) is 0. The zero-order valence-corrected chi connectivity index (χ0v) is 14.2. The summed E-state index contributed by atoms with van der Waals surface area (Å²) < 4.78 is 2.43. The van der Waals surface area contributed by atoms with Crippen LogP contribution in [0.1, 0.15) is 12.5 Å². The largest absolute Gasteiger partial charge is 0.477 e. The molecule has 114 valence electrons. The number of carboxylic acids is 1. The topological polar surface area (TPSA) is 60.6 Å². The first-order chi connectivity index (χ1) is 10.5. The van der Waals surface area contributed by atoms with Gasteiger partial charge in [-0.2, -0.15) is 0 Å². The van der Waals surface area contributed by atoms with Gasteiger partial charge in [0, 0.05) is 10.0 Å². The number of amides is 1. The third kappa shape index (κ3) is 2.48. The molecule has 7 heteroatoms. The molecule has 1 N–H and O–H groups in total. The van der Waals surface area contributed by atoms with Gasteiger partial charge in [0.2, 0.25) is 5.55 Å². The van der Waals surface area contributed by atoms with Crippen molar-refractivity contribution in [3.63, 3.8) is 0 Å². The van der Waals surface area contributed by atoms with Crippen molar-refractivity contribution in [3.05, 3.63) is 46.1 Å². The second-order valence-corrected chi connectivity index (χ2v) is 7.29. The van der Waals surface area contributed by atoms with Crippen LogP contribution in [0.3, 0.4) is 0 Å². The molecule has 0 spiro atoms. The lowest BCUT2D eigenvalue weighted by Crippen LogP contribution is -2.64. The monoisotopic (exact) mass is 381 g/mol. The van der Waals surface area contributed by atoms with Crippen LogP contribution in [0.2, 0.25) is 0 Å². The van der Waals surface area contributed by atoms with Crippen molar-refractivity contribution in [2.45, 2.75) is 24.9 Å². The number of hydrogen-bond acceptors (Lipinski definition) is 3. The van der Waals surface area contributed by atoms with Crippen LogP contribution in [-0.4, -0.2) is 43.4 Å². The van der Waals surface area contributed by atoms with Crippen molar-refractivity contribution in [2.75, 3.05) is 0 Å². The second-order valence-electron chi connectivity index (χ2n) is 5.13. The molecule has 0 saturated carbocycles. The summed E-state index contributed by atoms with van der Waals surface area (Å²) in [6, 6.07) is 9.62. The fourth-order valence-corrected chi connectivity index (χ4v) is 4.28. The van der Waals surface area contributed by atoms with E-state index in [0.29, 0.717) is 11.0 Å². The summed E-state index contributed by atoms with van der Waals surface area (Å²) in [6.45, 7) is 2.28. The van der Waals surface area contributed by atoms with Gasteiger partial charge in [-0.1, -0.05) is 46.3 Å². The van der Waals surface area contributed by atoms with Gasteiger partial charge in [0.25, 0.3) is 11.9 Å². The van der Waals surface area contributed by atoms with Crippen molar-refractivity contribution in [3.8, 4) is 0 Å². The maximum Gasteiger partial charge on any atom is 0.353 e. The molecule has 1 fully saturated rings. The Labute approximate surface area is 140 Å². The number of aliphatic carboxylic acids is 1. The predicted molar refractivity (Wildman–Crippen MR) is 87.7 cm³/mol. The fraction of sp³-hybridized carbons (Fsp3) is 0.267. The maximum absolute atomic E-state index is 12.4. The number of thioether (sulfide) groups is 1. The average Bonchev–Trinajstić information content (AvgIpc) is 2.83. The van der Waals surface area contributed by atoms with Gasteiger partial charge in [-0.25, -0.2) is 9.37 Å². The van der Waals surface area contributed by atoms with E-state index in [4.69, 9.17) is 0 Å². The minimum Gasteiger partial charge on any atom is -0.477 e. The quantitative estimate of drug-likeness (QED) is 0.493. The highest BCUT2D eigenvalue weighted by Crippen LogP contribution is 2.40. The SMILES string of the molecule is CC(Br)=C(C(=O)O)N1C(=O)C2C1SC=[N+]2Cc1ccccc1. The Bertz CT molecular complexity index is 698. The van der Waals surface area contributed by atoms with Crippen LogP contribution in [0.5, 0.6) is 0 Å². The Morgan fingerprint density at radius 3 is 2.68 bits per heavy atom. The standard InChI is InChI=1S/C15H13BrN2O3S/c1-9(16)11(15(20)21)18-13(19)12-14(18)22-8-17(12)7-10-5-3-2-4-6-10/h2-6,8,12,14H,7H2,1H3/p+1. The highest BCUT2D eigenvalue weighted by molar-refractivity contribution is 9.11. The molecule has 3 rings (SSSR count). The third-order valence-corrected chi connectivity index (χ3v) is 5.20. The summed E-state index contributed by atoms with van der Waals surface area (Å²) in [6.07, 6.45) is 0. The number of benzene rings is 1. The molecule has 2 aliphatic rings. The molecule has 1 aromatic carbocycles. The van der Waals surface area contributed by atoms with Crippen molar-refractivity contribution in [2.24, 2.45) is 0 Å². The van der Waals surface area contributed by atoms with Crippen LogP contribution < -0.4 is 0 Å². The lowest BCUT2D eigenvalue weighted by molar-refractivity contribution is -0.569. The zero-order valence-electron chi connectivity index (χ0n) is 11.8. The Hall–Kier alpha value is -1.60. The van der Waals surface area contributed by atoms with Crippen LogP contribution in [0.25, 0.3) is 0 Å². The van der Waals surface area contributed by atoms with Gasteiger partial charge in [-0.3, -0.25) is 9.69 Å². The molecule has 2 atom stereocenters. The van der Waals surface area contributed by atoms with Gasteiger partial charge in [-0.15, -0.1) is 0 Å². The number of allylic oxidation sites excluding steroid dienone is 1. The summed E-state index contributed by atoms with van der Waals surface area (Å²) in [4.78, 5) is 25.2. The van der Waals surface area contributed by atoms with Gasteiger partial charge in [0.1, 0.15) is 5.70 Å². The van der Waals surface area contributed by atoms with E-state index in [2.05, 4.69) is 15.9 Å². The van der Waals surface area contributed by atoms with Gasteiger partial charge >= 0.3 is 5.97 Å². The van der Waals surface area contributed by atoms with E-state index in [-0.39, 0.29) is 23.0 Å². The molecule has 0 aromatic heterocycles. The fourth-order valence-electron chi connectivity index (χ4n) is 2.68. The molecule has 2 aliphatic heterocycles. The van der Waals surface area contributed by atoms with Crippen LogP contribution in [0, 0.1) is 0 Å². The van der Waals surface area contributed by atoms with E-state index >= 15 is 0 Å². The Morgan fingerprint density at radius 1 is 1.41 bits per heavy atom. The van der Waals surface area contributed by atoms with Crippen molar-refractivity contribution >= 4 is 45.1 Å². The molecule has 2 heterocycles. The van der Waals surface area contributed by atoms with E-state index < -0.39 is 5.97 Å². The van der Waals surface area contributed by atoms with E-state index in [1.54, 1.807) is 6.92 Å². The molecular weight excluding hydrogens is 368 g/mol. The predicted octanol–water partition coefficient (Wildman–Crippen LogP) is 2.22. The van der Waals surface area contributed by atoms with Gasteiger partial charge < -0.3 is 5.11 Å². The van der Waals surface area contributed by atoms with E-state index in [0.717, 1.165) is 5.56 Å². The van der Waals surface area contributed by atoms with Crippen molar-refractivity contribution in [1.82, 2.24) is 4.90 Å². The molecule has 1 aromatic rings. The Balaban J connectivity index is 1.78. The maximum atomic E-state index is 12.4. The number of hydrogen-bond donors (Lipinski definition) is 1. The molecule has 5 nitrogen and oxygen atoms in total. The van der Waals surface area contributed by atoms with E-state index in [1.807, 2.05) is 40.5 Å². The number of β-lactam (4-membered cyclic amide) rings is 1. The molecule has 1 amide bonds. The molecule has 2 unspecified atom stereocenters. The number of likely N-dealkylation sites (tertiary alicyclic amines) is 1. The van der Waals surface area contributed by atoms with Gasteiger partial charge in [-0.05, 0) is 18.7 Å². The molecule has 0 radical (unpaired) electrons. The van der Waals surface area contributed by atoms with E-state index in [9.17, 15) is 14.7 Å². The Kier molecular flexibility index (Phi) is 4.10. The molecule has 22 heavy (non-hydrogen) atoms. The number of fused-ring (bicyclic) bond motifs is 1. The smallest absolute Gasteiger partial charge is 0.353 e. The van der Waals surface area contributed by atoms with Gasteiger partial charge in [0.05, 0.1) is 0 Å². The van der Waals surface area contributed by atoms with Crippen LogP contribution >= 0.6 is 27.7 Å². The van der Waals surface area contributed by atoms with Crippen molar-refractivity contribution < 1.29 is 19.3 Å². The number of rotatable bonds is 4. The number of carbonyl (C=O) groups is 2.